The van der Waals surface area contributed by atoms with Gasteiger partial charge in [0.15, 0.2) is 5.78 Å². The van der Waals surface area contributed by atoms with E-state index >= 15 is 0 Å². The molecule has 5 heteroatoms. The highest BCUT2D eigenvalue weighted by molar-refractivity contribution is 6.10. The van der Waals surface area contributed by atoms with E-state index in [1.54, 1.807) is 6.08 Å². The number of ether oxygens (including phenoxy) is 2. The predicted molar refractivity (Wildman–Crippen MR) is 146 cm³/mol. The maximum atomic E-state index is 12.9. The van der Waals surface area contributed by atoms with E-state index in [1.165, 1.54) is 0 Å². The van der Waals surface area contributed by atoms with Crippen molar-refractivity contribution in [2.45, 2.75) is 32.4 Å². The Morgan fingerprint density at radius 3 is 2.50 bits per heavy atom. The largest absolute Gasteiger partial charge is 0.381 e. The number of aromatic amines is 1. The summed E-state index contributed by atoms with van der Waals surface area (Å²) in [5, 5.41) is 4.83. The third kappa shape index (κ3) is 5.43. The first-order valence-corrected chi connectivity index (χ1v) is 12.7. The highest BCUT2D eigenvalue weighted by atomic mass is 16.5. The van der Waals surface area contributed by atoms with Crippen LogP contribution in [0, 0.1) is 0 Å². The summed E-state index contributed by atoms with van der Waals surface area (Å²) in [5.74, 6) is -0.0185. The number of aromatic nitrogens is 1. The van der Waals surface area contributed by atoms with Crippen molar-refractivity contribution >= 4 is 28.4 Å². The van der Waals surface area contributed by atoms with E-state index in [0.29, 0.717) is 24.8 Å². The lowest BCUT2D eigenvalue weighted by atomic mass is 10.0. The van der Waals surface area contributed by atoms with E-state index < -0.39 is 0 Å². The molecule has 0 bridgehead atoms. The fourth-order valence-corrected chi connectivity index (χ4v) is 4.72. The molecule has 0 unspecified atom stereocenters. The second-order valence-electron chi connectivity index (χ2n) is 9.08. The van der Waals surface area contributed by atoms with Gasteiger partial charge in [0.2, 0.25) is 0 Å². The van der Waals surface area contributed by atoms with E-state index in [4.69, 9.17) is 9.47 Å². The Morgan fingerprint density at radius 2 is 1.78 bits per heavy atom. The van der Waals surface area contributed by atoms with Gasteiger partial charge in [-0.2, -0.15) is 0 Å². The summed E-state index contributed by atoms with van der Waals surface area (Å²) in [6.45, 7) is 4.74. The predicted octanol–water partition coefficient (Wildman–Crippen LogP) is 6.86. The van der Waals surface area contributed by atoms with Gasteiger partial charge in [0.25, 0.3) is 0 Å². The van der Waals surface area contributed by atoms with Crippen molar-refractivity contribution in [3.63, 3.8) is 0 Å². The van der Waals surface area contributed by atoms with Crippen molar-refractivity contribution in [1.29, 1.82) is 0 Å². The maximum absolute atomic E-state index is 12.9. The molecular formula is C31H32N2O3. The van der Waals surface area contributed by atoms with Crippen LogP contribution in [-0.4, -0.2) is 36.6 Å². The molecule has 0 radical (unpaired) electrons. The molecule has 2 N–H and O–H groups in total. The smallest absolute Gasteiger partial charge is 0.185 e. The number of rotatable bonds is 9. The summed E-state index contributed by atoms with van der Waals surface area (Å²) in [4.78, 5) is 16.6. The number of carbonyl (C=O) groups excluding carboxylic acids is 1. The van der Waals surface area contributed by atoms with Gasteiger partial charge in [-0.15, -0.1) is 0 Å². The summed E-state index contributed by atoms with van der Waals surface area (Å²) in [6, 6.07) is 24.3. The summed E-state index contributed by atoms with van der Waals surface area (Å²) in [6.07, 6.45) is 5.56. The van der Waals surface area contributed by atoms with Gasteiger partial charge in [-0.05, 0) is 55.2 Å². The van der Waals surface area contributed by atoms with Crippen LogP contribution in [0.5, 0.6) is 0 Å². The minimum atomic E-state index is -0.0185. The normalized spacial score (nSPS) is 14.5. The van der Waals surface area contributed by atoms with E-state index in [1.807, 2.05) is 61.5 Å². The fraction of sp³-hybridized carbons (Fsp3) is 0.258. The molecule has 0 spiro atoms. The standard InChI is InChI=1S/C31H32N2O3/c1-2-35-21-22-19-27-26(13-14-29(34)23-9-5-3-6-10-23)30(24-11-7-4-8-12-24)33-31(27)28(20-22)32-25-15-17-36-18-16-25/h3-14,19-20,25,32-33H,2,15-18,21H2,1H3/b14-13+. The van der Waals surface area contributed by atoms with Gasteiger partial charge in [-0.25, -0.2) is 0 Å². The quantitative estimate of drug-likeness (QED) is 0.203. The van der Waals surface area contributed by atoms with Crippen molar-refractivity contribution in [2.24, 2.45) is 0 Å². The topological polar surface area (TPSA) is 63.4 Å². The number of nitrogens with one attached hydrogen (secondary N) is 2. The van der Waals surface area contributed by atoms with Gasteiger partial charge in [0.05, 0.1) is 23.5 Å². The number of allylic oxidation sites excluding steroid dienone is 1. The lowest BCUT2D eigenvalue weighted by Gasteiger charge is -2.24. The molecule has 1 aliphatic rings. The number of hydrogen-bond acceptors (Lipinski definition) is 4. The summed E-state index contributed by atoms with van der Waals surface area (Å²) in [5.41, 5.74) is 6.92. The second kappa shape index (κ2) is 11.4. The Morgan fingerprint density at radius 1 is 1.06 bits per heavy atom. The second-order valence-corrected chi connectivity index (χ2v) is 9.08. The van der Waals surface area contributed by atoms with Crippen LogP contribution in [0.3, 0.4) is 0 Å². The molecule has 0 saturated carbocycles. The van der Waals surface area contributed by atoms with Crippen molar-refractivity contribution in [2.75, 3.05) is 25.1 Å². The summed E-state index contributed by atoms with van der Waals surface area (Å²) >= 11 is 0. The van der Waals surface area contributed by atoms with Crippen LogP contribution in [0.2, 0.25) is 0 Å². The number of ketones is 1. The van der Waals surface area contributed by atoms with E-state index in [9.17, 15) is 4.79 Å². The zero-order valence-electron chi connectivity index (χ0n) is 20.6. The molecule has 0 aliphatic carbocycles. The van der Waals surface area contributed by atoms with Crippen molar-refractivity contribution < 1.29 is 14.3 Å². The minimum absolute atomic E-state index is 0.0185. The average Bonchev–Trinajstić information content (AvgIpc) is 3.31. The Kier molecular flexibility index (Phi) is 7.60. The molecule has 4 aromatic rings. The molecule has 1 saturated heterocycles. The van der Waals surface area contributed by atoms with E-state index in [-0.39, 0.29) is 5.78 Å². The third-order valence-electron chi connectivity index (χ3n) is 6.58. The molecule has 184 valence electrons. The number of H-pyrrole nitrogens is 1. The zero-order valence-corrected chi connectivity index (χ0v) is 20.6. The van der Waals surface area contributed by atoms with Gasteiger partial charge in [-0.3, -0.25) is 4.79 Å². The lowest BCUT2D eigenvalue weighted by molar-refractivity contribution is 0.0904. The summed E-state index contributed by atoms with van der Waals surface area (Å²) < 4.78 is 11.3. The molecule has 0 amide bonds. The van der Waals surface area contributed by atoms with Crippen LogP contribution in [0.25, 0.3) is 28.2 Å². The van der Waals surface area contributed by atoms with Crippen LogP contribution in [0.1, 0.15) is 41.3 Å². The fourth-order valence-electron chi connectivity index (χ4n) is 4.72. The Labute approximate surface area is 212 Å². The SMILES string of the molecule is CCOCc1cc(NC2CCOCC2)c2[nH]c(-c3ccccc3)c(/C=C/C(=O)c3ccccc3)c2c1. The number of benzene rings is 3. The molecule has 36 heavy (non-hydrogen) atoms. The molecular weight excluding hydrogens is 448 g/mol. The van der Waals surface area contributed by atoms with Gasteiger partial charge >= 0.3 is 0 Å². The van der Waals surface area contributed by atoms with E-state index in [2.05, 4.69) is 34.6 Å². The Bertz CT molecular complexity index is 1340. The Balaban J connectivity index is 1.63. The van der Waals surface area contributed by atoms with Crippen LogP contribution in [0.4, 0.5) is 5.69 Å². The monoisotopic (exact) mass is 480 g/mol. The molecule has 1 aliphatic heterocycles. The van der Waals surface area contributed by atoms with Crippen LogP contribution in [-0.2, 0) is 16.1 Å². The van der Waals surface area contributed by atoms with Crippen LogP contribution >= 0.6 is 0 Å². The third-order valence-corrected chi connectivity index (χ3v) is 6.58. The molecule has 3 aromatic carbocycles. The van der Waals surface area contributed by atoms with Gasteiger partial charge < -0.3 is 19.8 Å². The maximum Gasteiger partial charge on any atom is 0.185 e. The number of carbonyl (C=O) groups is 1. The van der Waals surface area contributed by atoms with Crippen molar-refractivity contribution in [1.82, 2.24) is 4.98 Å². The number of hydrogen-bond donors (Lipinski definition) is 2. The van der Waals surface area contributed by atoms with Crippen molar-refractivity contribution in [3.05, 3.63) is 95.6 Å². The molecule has 0 atom stereocenters. The van der Waals surface area contributed by atoms with Gasteiger partial charge in [-0.1, -0.05) is 60.7 Å². The zero-order chi connectivity index (χ0) is 24.7. The first-order valence-electron chi connectivity index (χ1n) is 12.7. The van der Waals surface area contributed by atoms with Crippen LogP contribution < -0.4 is 5.32 Å². The lowest BCUT2D eigenvalue weighted by Crippen LogP contribution is -2.28. The molecule has 2 heterocycles. The highest BCUT2D eigenvalue weighted by Crippen LogP contribution is 2.37. The highest BCUT2D eigenvalue weighted by Gasteiger charge is 2.19. The molecule has 1 aromatic heterocycles. The van der Waals surface area contributed by atoms with Crippen molar-refractivity contribution in [3.8, 4) is 11.3 Å². The number of anilines is 1. The molecule has 5 rings (SSSR count). The van der Waals surface area contributed by atoms with Gasteiger partial charge in [0.1, 0.15) is 0 Å². The first kappa shape index (κ1) is 24.0. The van der Waals surface area contributed by atoms with E-state index in [0.717, 1.165) is 65.0 Å². The molecule has 1 fully saturated rings. The summed E-state index contributed by atoms with van der Waals surface area (Å²) in [7, 11) is 0. The molecule has 5 nitrogen and oxygen atoms in total. The first-order chi connectivity index (χ1) is 17.7. The minimum Gasteiger partial charge on any atom is -0.381 e. The average molecular weight is 481 g/mol. The van der Waals surface area contributed by atoms with Gasteiger partial charge in [0, 0.05) is 42.4 Å². The number of fused-ring (bicyclic) bond motifs is 1. The Hall–Kier alpha value is -3.67. The van der Waals surface area contributed by atoms with Crippen LogP contribution in [0.15, 0.2) is 78.9 Å².